The zero-order valence-corrected chi connectivity index (χ0v) is 23.7. The van der Waals surface area contributed by atoms with E-state index in [4.69, 9.17) is 18.9 Å². The van der Waals surface area contributed by atoms with Crippen molar-refractivity contribution < 1.29 is 40.6 Å². The number of carbonyl (C=O) groups excluding carboxylic acids is 1. The number of hydrogen-bond donors (Lipinski definition) is 0. The Morgan fingerprint density at radius 1 is 0.805 bits per heavy atom. The SMILES string of the molecule is COc1ccc(-n2nnnc2S(C)(=O)=O)cc1C1OCCO1.COc1ccc(-n2nnnc2S(C)(=O)=O)cc1C=O. The van der Waals surface area contributed by atoms with Crippen LogP contribution in [0.4, 0.5) is 0 Å². The molecule has 218 valence electrons. The van der Waals surface area contributed by atoms with E-state index >= 15 is 0 Å². The van der Waals surface area contributed by atoms with Gasteiger partial charge in [0, 0.05) is 12.5 Å². The summed E-state index contributed by atoms with van der Waals surface area (Å²) < 4.78 is 69.9. The molecule has 0 unspecified atom stereocenters. The summed E-state index contributed by atoms with van der Waals surface area (Å²) in [5.74, 6) is 0.956. The summed E-state index contributed by atoms with van der Waals surface area (Å²) in [6, 6.07) is 9.55. The van der Waals surface area contributed by atoms with Crippen molar-refractivity contribution in [3.63, 3.8) is 0 Å². The molecule has 4 aromatic rings. The number of tetrazole rings is 2. The summed E-state index contributed by atoms with van der Waals surface area (Å²) in [7, 11) is -4.15. The Morgan fingerprint density at radius 3 is 1.76 bits per heavy atom. The topological polar surface area (TPSA) is 209 Å². The van der Waals surface area contributed by atoms with Crippen molar-refractivity contribution in [2.45, 2.75) is 16.6 Å². The predicted octanol–water partition coefficient (Wildman–Crippen LogP) is 0.00670. The van der Waals surface area contributed by atoms with Gasteiger partial charge in [0.15, 0.2) is 12.6 Å². The van der Waals surface area contributed by atoms with Gasteiger partial charge in [0.1, 0.15) is 11.5 Å². The molecule has 1 saturated heterocycles. The van der Waals surface area contributed by atoms with Gasteiger partial charge in [-0.05, 0) is 57.3 Å². The maximum atomic E-state index is 11.7. The van der Waals surface area contributed by atoms with Crippen LogP contribution in [0.15, 0.2) is 46.7 Å². The second kappa shape index (κ2) is 12.0. The molecule has 0 aliphatic carbocycles. The third-order valence-corrected chi connectivity index (χ3v) is 7.30. The van der Waals surface area contributed by atoms with Crippen molar-refractivity contribution in [2.75, 3.05) is 39.9 Å². The summed E-state index contributed by atoms with van der Waals surface area (Å²) in [5.41, 5.74) is 1.75. The predicted molar refractivity (Wildman–Crippen MR) is 138 cm³/mol. The summed E-state index contributed by atoms with van der Waals surface area (Å²) in [6.07, 6.45) is 2.09. The van der Waals surface area contributed by atoms with E-state index in [1.54, 1.807) is 24.3 Å². The van der Waals surface area contributed by atoms with Crippen LogP contribution in [0.25, 0.3) is 11.4 Å². The Bertz CT molecular complexity index is 1760. The lowest BCUT2D eigenvalue weighted by Gasteiger charge is -2.15. The van der Waals surface area contributed by atoms with Gasteiger partial charge in [0.2, 0.25) is 19.7 Å². The highest BCUT2D eigenvalue weighted by Gasteiger charge is 2.25. The minimum absolute atomic E-state index is 0.239. The number of ether oxygens (including phenoxy) is 4. The number of carbonyl (C=O) groups is 1. The standard InChI is InChI=1S/C12H14N4O5S.C10H10N4O4S/c1-19-10-4-3-8(7-9(10)11-20-5-6-21-11)16-12(13-14-15-16)22(2,17)18;1-18-9-4-3-8(5-7(9)6-15)14-10(11-12-13-14)19(2,16)17/h3-4,7,11H,5-6H2,1-2H3;3-6H,1-2H3. The number of hydrogen-bond acceptors (Lipinski definition) is 15. The van der Waals surface area contributed by atoms with Crippen LogP contribution in [-0.2, 0) is 29.1 Å². The monoisotopic (exact) mass is 608 g/mol. The molecule has 0 radical (unpaired) electrons. The van der Waals surface area contributed by atoms with Crippen LogP contribution in [0, 0.1) is 0 Å². The Balaban J connectivity index is 0.000000191. The van der Waals surface area contributed by atoms with Gasteiger partial charge in [-0.25, -0.2) is 16.8 Å². The molecule has 41 heavy (non-hydrogen) atoms. The van der Waals surface area contributed by atoms with Crippen LogP contribution in [0.5, 0.6) is 11.5 Å². The zero-order chi connectivity index (χ0) is 29.8. The van der Waals surface area contributed by atoms with Crippen LogP contribution in [0.2, 0.25) is 0 Å². The molecule has 0 bridgehead atoms. The van der Waals surface area contributed by atoms with Gasteiger partial charge in [-0.1, -0.05) is 10.2 Å². The van der Waals surface area contributed by atoms with Gasteiger partial charge in [0.25, 0.3) is 10.3 Å². The maximum absolute atomic E-state index is 11.7. The lowest BCUT2D eigenvalue weighted by Crippen LogP contribution is -2.10. The van der Waals surface area contributed by atoms with E-state index in [9.17, 15) is 21.6 Å². The molecule has 0 saturated carbocycles. The van der Waals surface area contributed by atoms with E-state index in [0.717, 1.165) is 21.9 Å². The van der Waals surface area contributed by atoms with Crippen molar-refractivity contribution in [1.82, 2.24) is 40.4 Å². The first kappa shape index (κ1) is 29.6. The van der Waals surface area contributed by atoms with E-state index in [1.165, 1.54) is 26.4 Å². The van der Waals surface area contributed by atoms with Crippen LogP contribution in [0.1, 0.15) is 22.2 Å². The lowest BCUT2D eigenvalue weighted by molar-refractivity contribution is -0.0454. The summed E-state index contributed by atoms with van der Waals surface area (Å²) >= 11 is 0. The summed E-state index contributed by atoms with van der Waals surface area (Å²) in [5, 5.41) is 20.6. The molecule has 0 atom stereocenters. The maximum Gasteiger partial charge on any atom is 0.272 e. The molecule has 2 aromatic heterocycles. The highest BCUT2D eigenvalue weighted by Crippen LogP contribution is 2.33. The molecular formula is C22H24N8O9S2. The lowest BCUT2D eigenvalue weighted by atomic mass is 10.1. The molecule has 2 aromatic carbocycles. The fourth-order valence-electron chi connectivity index (χ4n) is 3.67. The fourth-order valence-corrected chi connectivity index (χ4v) is 4.95. The fraction of sp³-hybridized carbons (Fsp3) is 0.318. The molecular weight excluding hydrogens is 584 g/mol. The normalized spacial score (nSPS) is 13.9. The van der Waals surface area contributed by atoms with Crippen LogP contribution >= 0.6 is 0 Å². The molecule has 1 aliphatic heterocycles. The molecule has 5 rings (SSSR count). The number of methoxy groups -OCH3 is 2. The number of nitrogens with zero attached hydrogens (tertiary/aromatic N) is 8. The van der Waals surface area contributed by atoms with Gasteiger partial charge in [-0.3, -0.25) is 4.79 Å². The molecule has 1 fully saturated rings. The van der Waals surface area contributed by atoms with Gasteiger partial charge in [0.05, 0.1) is 49.9 Å². The third kappa shape index (κ3) is 6.53. The summed E-state index contributed by atoms with van der Waals surface area (Å²) in [4.78, 5) is 10.9. The Morgan fingerprint density at radius 2 is 1.29 bits per heavy atom. The van der Waals surface area contributed by atoms with E-state index in [1.807, 2.05) is 0 Å². The van der Waals surface area contributed by atoms with Crippen LogP contribution < -0.4 is 9.47 Å². The Labute approximate surface area is 233 Å². The number of benzene rings is 2. The first-order chi connectivity index (χ1) is 19.5. The average molecular weight is 609 g/mol. The number of aromatic nitrogens is 8. The van der Waals surface area contributed by atoms with Crippen molar-refractivity contribution in [2.24, 2.45) is 0 Å². The number of rotatable bonds is 8. The second-order valence-corrected chi connectivity index (χ2v) is 12.2. The van der Waals surface area contributed by atoms with Crippen LogP contribution in [-0.4, -0.2) is 103 Å². The molecule has 0 spiro atoms. The first-order valence-electron chi connectivity index (χ1n) is 11.5. The number of aldehydes is 1. The van der Waals surface area contributed by atoms with E-state index < -0.39 is 26.0 Å². The Kier molecular flexibility index (Phi) is 8.71. The minimum Gasteiger partial charge on any atom is -0.496 e. The molecule has 17 nitrogen and oxygen atoms in total. The quantitative estimate of drug-likeness (QED) is 0.241. The van der Waals surface area contributed by atoms with Crippen molar-refractivity contribution in [3.05, 3.63) is 47.5 Å². The van der Waals surface area contributed by atoms with Crippen LogP contribution in [0.3, 0.4) is 0 Å². The second-order valence-electron chi connectivity index (χ2n) is 8.33. The summed E-state index contributed by atoms with van der Waals surface area (Å²) in [6.45, 7) is 0.967. The van der Waals surface area contributed by atoms with Gasteiger partial charge >= 0.3 is 0 Å². The van der Waals surface area contributed by atoms with Gasteiger partial charge in [-0.2, -0.15) is 9.36 Å². The van der Waals surface area contributed by atoms with Gasteiger partial charge in [-0.15, -0.1) is 0 Å². The van der Waals surface area contributed by atoms with Crippen molar-refractivity contribution in [3.8, 4) is 22.9 Å². The minimum atomic E-state index is -3.57. The Hall–Kier alpha value is -4.33. The molecule has 0 N–H and O–H groups in total. The largest absolute Gasteiger partial charge is 0.496 e. The van der Waals surface area contributed by atoms with E-state index in [2.05, 4.69) is 31.1 Å². The number of sulfone groups is 2. The highest BCUT2D eigenvalue weighted by atomic mass is 32.2. The van der Waals surface area contributed by atoms with Crippen molar-refractivity contribution in [1.29, 1.82) is 0 Å². The molecule has 19 heteroatoms. The highest BCUT2D eigenvalue weighted by molar-refractivity contribution is 7.90. The van der Waals surface area contributed by atoms with E-state index in [-0.39, 0.29) is 15.9 Å². The van der Waals surface area contributed by atoms with E-state index in [0.29, 0.717) is 47.9 Å². The molecule has 1 aliphatic rings. The average Bonchev–Trinajstić information content (AvgIpc) is 3.74. The third-order valence-electron chi connectivity index (χ3n) is 5.46. The smallest absolute Gasteiger partial charge is 0.272 e. The first-order valence-corrected chi connectivity index (χ1v) is 15.3. The van der Waals surface area contributed by atoms with Crippen molar-refractivity contribution >= 4 is 26.0 Å². The molecule has 3 heterocycles. The van der Waals surface area contributed by atoms with Gasteiger partial charge < -0.3 is 18.9 Å². The molecule has 0 amide bonds. The zero-order valence-electron chi connectivity index (χ0n) is 22.1.